The third-order valence-electron chi connectivity index (χ3n) is 2.57. The summed E-state index contributed by atoms with van der Waals surface area (Å²) < 4.78 is 0. The Balaban J connectivity index is 2.59. The van der Waals surface area contributed by atoms with Crippen molar-refractivity contribution >= 4 is 5.91 Å². The SMILES string of the molecule is CCCCC(NCC(N)=O)c1ccccc1. The van der Waals surface area contributed by atoms with Crippen LogP contribution in [0.25, 0.3) is 0 Å². The van der Waals surface area contributed by atoms with E-state index >= 15 is 0 Å². The van der Waals surface area contributed by atoms with Crippen LogP contribution in [0.3, 0.4) is 0 Å². The molecule has 0 aliphatic heterocycles. The topological polar surface area (TPSA) is 55.1 Å². The quantitative estimate of drug-likeness (QED) is 0.738. The number of carbonyl (C=O) groups is 1. The van der Waals surface area contributed by atoms with Crippen molar-refractivity contribution in [2.45, 2.75) is 32.2 Å². The lowest BCUT2D eigenvalue weighted by Crippen LogP contribution is -2.31. The maximum absolute atomic E-state index is 10.8. The number of primary amides is 1. The number of hydrogen-bond donors (Lipinski definition) is 2. The van der Waals surface area contributed by atoms with E-state index in [2.05, 4.69) is 24.4 Å². The lowest BCUT2D eigenvalue weighted by atomic mass is 10.0. The van der Waals surface area contributed by atoms with Crippen LogP contribution in [0.1, 0.15) is 37.8 Å². The number of nitrogens with two attached hydrogens (primary N) is 1. The Morgan fingerprint density at radius 1 is 1.38 bits per heavy atom. The zero-order chi connectivity index (χ0) is 11.8. The van der Waals surface area contributed by atoms with Gasteiger partial charge in [-0.1, -0.05) is 50.1 Å². The van der Waals surface area contributed by atoms with Gasteiger partial charge >= 0.3 is 0 Å². The lowest BCUT2D eigenvalue weighted by molar-refractivity contribution is -0.117. The molecule has 0 bridgehead atoms. The molecule has 0 aromatic heterocycles. The van der Waals surface area contributed by atoms with Gasteiger partial charge in [0.25, 0.3) is 0 Å². The molecule has 0 spiro atoms. The molecule has 0 saturated heterocycles. The van der Waals surface area contributed by atoms with Crippen LogP contribution in [-0.2, 0) is 4.79 Å². The molecule has 3 heteroatoms. The van der Waals surface area contributed by atoms with Gasteiger partial charge in [0.2, 0.25) is 5.91 Å². The summed E-state index contributed by atoms with van der Waals surface area (Å²) in [7, 11) is 0. The largest absolute Gasteiger partial charge is 0.369 e. The van der Waals surface area contributed by atoms with Crippen molar-refractivity contribution in [2.75, 3.05) is 6.54 Å². The molecule has 0 aliphatic carbocycles. The van der Waals surface area contributed by atoms with E-state index in [4.69, 9.17) is 5.73 Å². The average molecular weight is 220 g/mol. The normalized spacial score (nSPS) is 12.3. The molecule has 0 fully saturated rings. The van der Waals surface area contributed by atoms with Crippen molar-refractivity contribution in [1.29, 1.82) is 0 Å². The van der Waals surface area contributed by atoms with Crippen molar-refractivity contribution in [2.24, 2.45) is 5.73 Å². The standard InChI is InChI=1S/C13H20N2O/c1-2-3-9-12(15-10-13(14)16)11-7-5-4-6-8-11/h4-8,12,15H,2-3,9-10H2,1H3,(H2,14,16). The second-order valence-corrected chi connectivity index (χ2v) is 3.95. The number of nitrogens with one attached hydrogen (secondary N) is 1. The van der Waals surface area contributed by atoms with E-state index in [0.29, 0.717) is 0 Å². The van der Waals surface area contributed by atoms with Crippen LogP contribution in [0.15, 0.2) is 30.3 Å². The maximum Gasteiger partial charge on any atom is 0.231 e. The van der Waals surface area contributed by atoms with Crippen LogP contribution in [0, 0.1) is 0 Å². The predicted octanol–water partition coefficient (Wildman–Crippen LogP) is 1.99. The summed E-state index contributed by atoms with van der Waals surface area (Å²) >= 11 is 0. The van der Waals surface area contributed by atoms with Crippen LogP contribution in [-0.4, -0.2) is 12.5 Å². The van der Waals surface area contributed by atoms with E-state index in [1.165, 1.54) is 5.56 Å². The predicted molar refractivity (Wildman–Crippen MR) is 65.9 cm³/mol. The molecule has 1 atom stereocenters. The molecule has 1 aromatic rings. The molecule has 3 N–H and O–H groups in total. The van der Waals surface area contributed by atoms with Gasteiger partial charge in [-0.15, -0.1) is 0 Å². The van der Waals surface area contributed by atoms with E-state index in [1.807, 2.05) is 18.2 Å². The molecule has 0 aliphatic rings. The van der Waals surface area contributed by atoms with Crippen LogP contribution < -0.4 is 11.1 Å². The summed E-state index contributed by atoms with van der Waals surface area (Å²) in [5.41, 5.74) is 6.37. The lowest BCUT2D eigenvalue weighted by Gasteiger charge is -2.18. The Morgan fingerprint density at radius 3 is 2.62 bits per heavy atom. The fraction of sp³-hybridized carbons (Fsp3) is 0.462. The van der Waals surface area contributed by atoms with Crippen LogP contribution in [0.5, 0.6) is 0 Å². The van der Waals surface area contributed by atoms with Crippen LogP contribution in [0.2, 0.25) is 0 Å². The highest BCUT2D eigenvalue weighted by Gasteiger charge is 2.10. The van der Waals surface area contributed by atoms with Gasteiger partial charge in [-0.25, -0.2) is 0 Å². The second-order valence-electron chi connectivity index (χ2n) is 3.95. The van der Waals surface area contributed by atoms with Crippen molar-refractivity contribution < 1.29 is 4.79 Å². The smallest absolute Gasteiger partial charge is 0.231 e. The molecular weight excluding hydrogens is 200 g/mol. The highest BCUT2D eigenvalue weighted by atomic mass is 16.1. The van der Waals surface area contributed by atoms with Gasteiger partial charge < -0.3 is 11.1 Å². The van der Waals surface area contributed by atoms with E-state index in [9.17, 15) is 4.79 Å². The van der Waals surface area contributed by atoms with E-state index in [-0.39, 0.29) is 18.5 Å². The Bertz CT molecular complexity index is 311. The fourth-order valence-electron chi connectivity index (χ4n) is 1.70. The Morgan fingerprint density at radius 2 is 2.06 bits per heavy atom. The molecule has 1 rings (SSSR count). The molecule has 1 aromatic carbocycles. The number of amides is 1. The molecule has 1 amide bonds. The van der Waals surface area contributed by atoms with Gasteiger partial charge in [-0.2, -0.15) is 0 Å². The third kappa shape index (κ3) is 4.45. The van der Waals surface area contributed by atoms with E-state index in [1.54, 1.807) is 0 Å². The minimum absolute atomic E-state index is 0.230. The molecule has 16 heavy (non-hydrogen) atoms. The summed E-state index contributed by atoms with van der Waals surface area (Å²) in [4.78, 5) is 10.8. The first-order valence-electron chi connectivity index (χ1n) is 5.80. The fourth-order valence-corrected chi connectivity index (χ4v) is 1.70. The van der Waals surface area contributed by atoms with Gasteiger partial charge in [0, 0.05) is 6.04 Å². The average Bonchev–Trinajstić information content (AvgIpc) is 2.30. The van der Waals surface area contributed by atoms with Crippen LogP contribution >= 0.6 is 0 Å². The molecular formula is C13H20N2O. The third-order valence-corrected chi connectivity index (χ3v) is 2.57. The minimum Gasteiger partial charge on any atom is -0.369 e. The summed E-state index contributed by atoms with van der Waals surface area (Å²) in [5, 5.41) is 3.20. The van der Waals surface area contributed by atoms with Crippen molar-refractivity contribution in [3.63, 3.8) is 0 Å². The molecule has 1 unspecified atom stereocenters. The Kier molecular flexibility index (Phi) is 5.57. The van der Waals surface area contributed by atoms with Crippen molar-refractivity contribution in [3.05, 3.63) is 35.9 Å². The van der Waals surface area contributed by atoms with Gasteiger partial charge in [-0.05, 0) is 12.0 Å². The first kappa shape index (κ1) is 12.7. The van der Waals surface area contributed by atoms with Gasteiger partial charge in [0.15, 0.2) is 0 Å². The minimum atomic E-state index is -0.308. The number of carbonyl (C=O) groups excluding carboxylic acids is 1. The molecule has 88 valence electrons. The summed E-state index contributed by atoms with van der Waals surface area (Å²) in [6.07, 6.45) is 3.33. The number of hydrogen-bond acceptors (Lipinski definition) is 2. The summed E-state index contributed by atoms with van der Waals surface area (Å²) in [6.45, 7) is 2.40. The van der Waals surface area contributed by atoms with E-state index in [0.717, 1.165) is 19.3 Å². The highest BCUT2D eigenvalue weighted by Crippen LogP contribution is 2.18. The second kappa shape index (κ2) is 7.01. The number of benzene rings is 1. The van der Waals surface area contributed by atoms with Crippen molar-refractivity contribution in [3.8, 4) is 0 Å². The Labute approximate surface area is 97.0 Å². The zero-order valence-corrected chi connectivity index (χ0v) is 9.78. The highest BCUT2D eigenvalue weighted by molar-refractivity contribution is 5.75. The van der Waals surface area contributed by atoms with Crippen LogP contribution in [0.4, 0.5) is 0 Å². The maximum atomic E-state index is 10.8. The number of rotatable bonds is 7. The zero-order valence-electron chi connectivity index (χ0n) is 9.78. The molecule has 0 heterocycles. The summed E-state index contributed by atoms with van der Waals surface area (Å²) in [6, 6.07) is 10.4. The monoisotopic (exact) mass is 220 g/mol. The van der Waals surface area contributed by atoms with Gasteiger partial charge in [0.05, 0.1) is 6.54 Å². The summed E-state index contributed by atoms with van der Waals surface area (Å²) in [5.74, 6) is -0.308. The molecule has 3 nitrogen and oxygen atoms in total. The first-order chi connectivity index (χ1) is 7.74. The number of unbranched alkanes of at least 4 members (excludes halogenated alkanes) is 1. The molecule has 0 radical (unpaired) electrons. The molecule has 0 saturated carbocycles. The van der Waals surface area contributed by atoms with Crippen molar-refractivity contribution in [1.82, 2.24) is 5.32 Å². The van der Waals surface area contributed by atoms with E-state index < -0.39 is 0 Å². The Hall–Kier alpha value is -1.35. The first-order valence-corrected chi connectivity index (χ1v) is 5.80. The van der Waals surface area contributed by atoms with Gasteiger partial charge in [-0.3, -0.25) is 4.79 Å². The van der Waals surface area contributed by atoms with Gasteiger partial charge in [0.1, 0.15) is 0 Å².